The minimum atomic E-state index is -0.116. The molecule has 0 fully saturated rings. The molecule has 1 nitrogen and oxygen atoms in total. The highest BCUT2D eigenvalue weighted by atomic mass is 79.9. The summed E-state index contributed by atoms with van der Waals surface area (Å²) in [5.41, 5.74) is 0. The molecule has 0 saturated carbocycles. The van der Waals surface area contributed by atoms with Crippen molar-refractivity contribution in [3.05, 3.63) is 28.7 Å². The Labute approximate surface area is 67.0 Å². The van der Waals surface area contributed by atoms with E-state index in [9.17, 15) is 0 Å². The molecule has 0 spiro atoms. The third-order valence-corrected chi connectivity index (χ3v) is 1.46. The molecule has 0 heterocycles. The van der Waals surface area contributed by atoms with E-state index < -0.39 is 0 Å². The van der Waals surface area contributed by atoms with Crippen LogP contribution in [0.15, 0.2) is 28.7 Å². The molecule has 0 bridgehead atoms. The third kappa shape index (κ3) is 1.45. The summed E-state index contributed by atoms with van der Waals surface area (Å²) in [6.07, 6.45) is 0. The molecule has 0 amide bonds. The van der Waals surface area contributed by atoms with Crippen LogP contribution < -0.4 is 4.74 Å². The Morgan fingerprint density at radius 3 is 3.11 bits per heavy atom. The number of para-hydroxylation sites is 1. The van der Waals surface area contributed by atoms with Crippen LogP contribution in [-0.4, -0.2) is 7.11 Å². The minimum absolute atomic E-state index is 0.0210. The van der Waals surface area contributed by atoms with Crippen molar-refractivity contribution in [2.24, 2.45) is 0 Å². The largest absolute Gasteiger partial charge is 0.496 e. The zero-order valence-corrected chi connectivity index (χ0v) is 6.45. The summed E-state index contributed by atoms with van der Waals surface area (Å²) in [6.45, 7) is 0. The van der Waals surface area contributed by atoms with Crippen molar-refractivity contribution < 1.29 is 8.85 Å². The van der Waals surface area contributed by atoms with E-state index in [1.54, 1.807) is 0 Å². The predicted octanol–water partition coefficient (Wildman–Crippen LogP) is 2.46. The van der Waals surface area contributed by atoms with Crippen LogP contribution in [0.3, 0.4) is 0 Å². The molecule has 0 aliphatic rings. The van der Waals surface area contributed by atoms with Gasteiger partial charge in [-0.05, 0) is 28.0 Å². The average molecular weight is 190 g/mol. The highest BCUT2D eigenvalue weighted by molar-refractivity contribution is 9.10. The van der Waals surface area contributed by atoms with Crippen LogP contribution in [-0.2, 0) is 0 Å². The molecule has 9 heavy (non-hydrogen) atoms. The van der Waals surface area contributed by atoms with Gasteiger partial charge in [0.2, 0.25) is 0 Å². The highest BCUT2D eigenvalue weighted by Gasteiger charge is 1.92. The van der Waals surface area contributed by atoms with Crippen LogP contribution in [0.25, 0.3) is 0 Å². The minimum Gasteiger partial charge on any atom is -0.496 e. The van der Waals surface area contributed by atoms with Gasteiger partial charge in [-0.1, -0.05) is 12.1 Å². The smallest absolute Gasteiger partial charge is 0.133 e. The second kappa shape index (κ2) is 2.87. The summed E-state index contributed by atoms with van der Waals surface area (Å²) >= 11 is 3.14. The number of rotatable bonds is 1. The van der Waals surface area contributed by atoms with Gasteiger partial charge in [-0.2, -0.15) is 0 Å². The van der Waals surface area contributed by atoms with E-state index in [2.05, 4.69) is 15.9 Å². The monoisotopic (exact) mass is 189 g/mol. The van der Waals surface area contributed by atoms with Crippen LogP contribution in [0, 0.1) is 0 Å². The fourth-order valence-electron chi connectivity index (χ4n) is 0.466. The van der Waals surface area contributed by atoms with Crippen LogP contribution >= 0.6 is 15.9 Å². The van der Waals surface area contributed by atoms with Crippen molar-refractivity contribution in [3.63, 3.8) is 0 Å². The molecule has 1 aromatic carbocycles. The van der Waals surface area contributed by atoms with Gasteiger partial charge >= 0.3 is 0 Å². The molecule has 0 saturated heterocycles. The normalized spacial score (nSPS) is 13.8. The summed E-state index contributed by atoms with van der Waals surface area (Å²) in [7, 11) is 1.43. The number of ether oxygens (including phenoxy) is 1. The Kier molecular flexibility index (Phi) is 1.15. The molecule has 0 N–H and O–H groups in total. The maximum absolute atomic E-state index is 7.41. The fourth-order valence-corrected chi connectivity index (χ4v) is 0.842. The van der Waals surface area contributed by atoms with Gasteiger partial charge in [0.15, 0.2) is 0 Å². The lowest BCUT2D eigenvalue weighted by atomic mass is 10.3. The van der Waals surface area contributed by atoms with E-state index in [0.29, 0.717) is 10.2 Å². The van der Waals surface area contributed by atoms with Gasteiger partial charge in [0.1, 0.15) is 5.75 Å². The number of halogens is 1. The molecule has 0 aliphatic heterocycles. The second-order valence-electron chi connectivity index (χ2n) is 1.42. The number of hydrogen-bond acceptors (Lipinski definition) is 1. The fraction of sp³-hybridized carbons (Fsp3) is 0.143. The molecule has 1 rings (SSSR count). The predicted molar refractivity (Wildman–Crippen MR) is 40.7 cm³/mol. The van der Waals surface area contributed by atoms with Crippen molar-refractivity contribution >= 4 is 15.9 Å². The van der Waals surface area contributed by atoms with Gasteiger partial charge in [-0.15, -0.1) is 0 Å². The van der Waals surface area contributed by atoms with Crippen molar-refractivity contribution in [1.29, 1.82) is 0 Å². The summed E-state index contributed by atoms with van der Waals surface area (Å²) < 4.78 is 27.4. The van der Waals surface area contributed by atoms with Gasteiger partial charge < -0.3 is 4.74 Å². The Balaban J connectivity index is 3.40. The van der Waals surface area contributed by atoms with Crippen molar-refractivity contribution in [2.45, 2.75) is 0 Å². The topological polar surface area (TPSA) is 9.23 Å². The standard InChI is InChI=1S/C7H7BrO/c1-9-7-5-3-2-4-6(7)8/h2-5H,1H3/i2D,3D,5D. The van der Waals surface area contributed by atoms with E-state index in [1.807, 2.05) is 0 Å². The van der Waals surface area contributed by atoms with Crippen LogP contribution in [0.5, 0.6) is 5.75 Å². The zero-order chi connectivity index (χ0) is 9.30. The number of methoxy groups -OCH3 is 1. The number of benzene rings is 1. The second-order valence-corrected chi connectivity index (χ2v) is 2.27. The van der Waals surface area contributed by atoms with Crippen molar-refractivity contribution in [3.8, 4) is 5.75 Å². The van der Waals surface area contributed by atoms with Crippen LogP contribution in [0.1, 0.15) is 4.11 Å². The summed E-state index contributed by atoms with van der Waals surface area (Å²) in [5, 5.41) is 0. The molecular weight excluding hydrogens is 180 g/mol. The average Bonchev–Trinajstić information content (AvgIpc) is 2.01. The third-order valence-electron chi connectivity index (χ3n) is 0.868. The Morgan fingerprint density at radius 2 is 2.44 bits per heavy atom. The quantitative estimate of drug-likeness (QED) is 0.660. The van der Waals surface area contributed by atoms with E-state index in [1.165, 1.54) is 13.2 Å². The zero-order valence-electron chi connectivity index (χ0n) is 7.86. The van der Waals surface area contributed by atoms with Crippen LogP contribution in [0.2, 0.25) is 0 Å². The van der Waals surface area contributed by atoms with E-state index in [4.69, 9.17) is 8.85 Å². The molecule has 1 aromatic rings. The molecule has 48 valence electrons. The van der Waals surface area contributed by atoms with Gasteiger partial charge in [0.25, 0.3) is 0 Å². The van der Waals surface area contributed by atoms with Crippen molar-refractivity contribution in [2.75, 3.05) is 7.11 Å². The molecule has 0 aliphatic carbocycles. The van der Waals surface area contributed by atoms with E-state index in [-0.39, 0.29) is 18.1 Å². The summed E-state index contributed by atoms with van der Waals surface area (Å²) in [4.78, 5) is 0. The Bertz CT molecular complexity index is 314. The molecule has 0 unspecified atom stereocenters. The maximum Gasteiger partial charge on any atom is 0.133 e. The molecule has 0 aromatic heterocycles. The van der Waals surface area contributed by atoms with E-state index in [0.717, 1.165) is 0 Å². The van der Waals surface area contributed by atoms with Crippen LogP contribution in [0.4, 0.5) is 0 Å². The number of hydrogen-bond donors (Lipinski definition) is 0. The van der Waals surface area contributed by atoms with E-state index >= 15 is 0 Å². The first kappa shape index (κ1) is 3.62. The van der Waals surface area contributed by atoms with Crippen molar-refractivity contribution in [1.82, 2.24) is 0 Å². The lowest BCUT2D eigenvalue weighted by Gasteiger charge is -1.99. The molecular formula is C7H7BrO. The lowest BCUT2D eigenvalue weighted by Crippen LogP contribution is -1.81. The first-order chi connectivity index (χ1) is 5.57. The summed E-state index contributed by atoms with van der Waals surface area (Å²) in [5.74, 6) is 0.302. The first-order valence-corrected chi connectivity index (χ1v) is 3.17. The van der Waals surface area contributed by atoms with Gasteiger partial charge in [-0.25, -0.2) is 0 Å². The van der Waals surface area contributed by atoms with Gasteiger partial charge in [0, 0.05) is 0 Å². The molecule has 0 atom stereocenters. The lowest BCUT2D eigenvalue weighted by molar-refractivity contribution is 0.412. The molecule has 0 radical (unpaired) electrons. The highest BCUT2D eigenvalue weighted by Crippen LogP contribution is 2.22. The van der Waals surface area contributed by atoms with Gasteiger partial charge in [-0.3, -0.25) is 0 Å². The van der Waals surface area contributed by atoms with Gasteiger partial charge in [0.05, 0.1) is 15.7 Å². The maximum atomic E-state index is 7.41. The SMILES string of the molecule is [2H]c1cc(Br)c(OC)c([2H])c1[2H]. The summed E-state index contributed by atoms with van der Waals surface area (Å²) in [6, 6.07) is 1.29. The Morgan fingerprint density at radius 1 is 1.67 bits per heavy atom. The first-order valence-electron chi connectivity index (χ1n) is 3.88. The Hall–Kier alpha value is -0.500. The molecule has 2 heteroatoms.